The summed E-state index contributed by atoms with van der Waals surface area (Å²) in [6.07, 6.45) is 0.294. The number of aryl methyl sites for hydroxylation is 2. The van der Waals surface area contributed by atoms with E-state index < -0.39 is 6.09 Å². The van der Waals surface area contributed by atoms with Gasteiger partial charge in [0.25, 0.3) is 0 Å². The number of carbonyl (C=O) groups excluding carboxylic acids is 1. The minimum Gasteiger partial charge on any atom is -0.464 e. The van der Waals surface area contributed by atoms with Crippen LogP contribution in [0.4, 0.5) is 15.6 Å². The summed E-state index contributed by atoms with van der Waals surface area (Å²) in [5.74, 6) is 5.25. The Morgan fingerprint density at radius 3 is 2.52 bits per heavy atom. The van der Waals surface area contributed by atoms with E-state index in [1.54, 1.807) is 12.1 Å². The Morgan fingerprint density at radius 2 is 1.96 bits per heavy atom. The molecule has 1 aromatic heterocycles. The molecule has 1 aromatic carbocycles. The third kappa shape index (κ3) is 5.51. The highest BCUT2D eigenvalue weighted by Gasteiger charge is 2.09. The van der Waals surface area contributed by atoms with E-state index >= 15 is 0 Å². The van der Waals surface area contributed by atoms with Gasteiger partial charge in [0.1, 0.15) is 0 Å². The number of anilines is 2. The van der Waals surface area contributed by atoms with Crippen molar-refractivity contribution in [2.24, 2.45) is 5.84 Å². The van der Waals surface area contributed by atoms with Crippen molar-refractivity contribution in [2.45, 2.75) is 19.8 Å². The zero-order chi connectivity index (χ0) is 16.1. The molecule has 0 saturated carbocycles. The van der Waals surface area contributed by atoms with Crippen molar-refractivity contribution in [3.05, 3.63) is 40.9 Å². The molecular formula is C14H17ClN4O3S. The molecule has 7 nitrogen and oxygen atoms in total. The van der Waals surface area contributed by atoms with Crippen molar-refractivity contribution in [2.75, 3.05) is 10.3 Å². The topological polar surface area (TPSA) is 109 Å². The summed E-state index contributed by atoms with van der Waals surface area (Å²) in [4.78, 5) is 26.0. The van der Waals surface area contributed by atoms with Crippen molar-refractivity contribution in [1.29, 1.82) is 0 Å². The third-order valence-electron chi connectivity index (χ3n) is 2.93. The lowest BCUT2D eigenvalue weighted by molar-refractivity contribution is -0.114. The first-order chi connectivity index (χ1) is 10.5. The van der Waals surface area contributed by atoms with Crippen LogP contribution in [0.25, 0.3) is 0 Å². The molecule has 4 N–H and O–H groups in total. The third-order valence-corrected chi connectivity index (χ3v) is 3.73. The van der Waals surface area contributed by atoms with Crippen LogP contribution in [0.2, 0.25) is 0 Å². The maximum atomic E-state index is 10.9. The monoisotopic (exact) mass is 356 g/mol. The van der Waals surface area contributed by atoms with E-state index in [0.29, 0.717) is 15.8 Å². The molecule has 0 saturated heterocycles. The van der Waals surface area contributed by atoms with Crippen LogP contribution in [-0.2, 0) is 17.6 Å². The number of nitrogens with zero attached hydrogens (tertiary/aromatic N) is 2. The number of amides is 2. The SMILES string of the molecule is CC(=O)Nc1nc(CCc2ccc(N(N)C(=O)O)cc2)cs1.Cl. The van der Waals surface area contributed by atoms with Gasteiger partial charge in [-0.1, -0.05) is 12.1 Å². The molecule has 0 fully saturated rings. The van der Waals surface area contributed by atoms with Crippen molar-refractivity contribution in [3.8, 4) is 0 Å². The van der Waals surface area contributed by atoms with Gasteiger partial charge in [0.15, 0.2) is 5.13 Å². The summed E-state index contributed by atoms with van der Waals surface area (Å²) < 4.78 is 0. The fraction of sp³-hybridized carbons (Fsp3) is 0.214. The molecule has 1 heterocycles. The summed E-state index contributed by atoms with van der Waals surface area (Å²) in [7, 11) is 0. The highest BCUT2D eigenvalue weighted by Crippen LogP contribution is 2.18. The number of aromatic nitrogens is 1. The highest BCUT2D eigenvalue weighted by atomic mass is 35.5. The van der Waals surface area contributed by atoms with Crippen LogP contribution < -0.4 is 16.2 Å². The first-order valence-corrected chi connectivity index (χ1v) is 7.42. The van der Waals surface area contributed by atoms with Crippen LogP contribution in [0.15, 0.2) is 29.6 Å². The molecule has 0 atom stereocenters. The number of rotatable bonds is 5. The smallest absolute Gasteiger partial charge is 0.426 e. The molecule has 23 heavy (non-hydrogen) atoms. The zero-order valence-corrected chi connectivity index (χ0v) is 14.0. The largest absolute Gasteiger partial charge is 0.464 e. The van der Waals surface area contributed by atoms with Gasteiger partial charge in [0.05, 0.1) is 11.4 Å². The molecule has 124 valence electrons. The second-order valence-corrected chi connectivity index (χ2v) is 5.50. The molecule has 2 aromatic rings. The number of carbonyl (C=O) groups is 2. The fourth-order valence-corrected chi connectivity index (χ4v) is 2.63. The van der Waals surface area contributed by atoms with Gasteiger partial charge in [0.2, 0.25) is 5.91 Å². The Labute approximate surface area is 143 Å². The molecule has 2 rings (SSSR count). The molecule has 0 aliphatic carbocycles. The molecule has 0 aliphatic heterocycles. The lowest BCUT2D eigenvalue weighted by atomic mass is 10.1. The van der Waals surface area contributed by atoms with E-state index in [0.717, 1.165) is 24.1 Å². The lowest BCUT2D eigenvalue weighted by Gasteiger charge is -2.12. The van der Waals surface area contributed by atoms with E-state index in [2.05, 4.69) is 10.3 Å². The second-order valence-electron chi connectivity index (χ2n) is 4.64. The number of hydrazine groups is 1. The first-order valence-electron chi connectivity index (χ1n) is 6.54. The van der Waals surface area contributed by atoms with E-state index in [1.165, 1.54) is 18.3 Å². The highest BCUT2D eigenvalue weighted by molar-refractivity contribution is 7.13. The van der Waals surface area contributed by atoms with Crippen LogP contribution in [0, 0.1) is 0 Å². The molecule has 9 heteroatoms. The van der Waals surface area contributed by atoms with Gasteiger partial charge in [-0.05, 0) is 30.5 Å². The number of benzene rings is 1. The quantitative estimate of drug-likeness (QED) is 0.433. The van der Waals surface area contributed by atoms with Crippen molar-refractivity contribution < 1.29 is 14.7 Å². The predicted octanol–water partition coefficient (Wildman–Crippen LogP) is 2.67. The number of halogens is 1. The molecule has 0 spiro atoms. The van der Waals surface area contributed by atoms with Gasteiger partial charge >= 0.3 is 6.09 Å². The summed E-state index contributed by atoms with van der Waals surface area (Å²) in [5, 5.41) is 14.6. The van der Waals surface area contributed by atoms with E-state index in [-0.39, 0.29) is 18.3 Å². The van der Waals surface area contributed by atoms with Crippen LogP contribution in [-0.4, -0.2) is 22.1 Å². The van der Waals surface area contributed by atoms with Gasteiger partial charge in [-0.2, -0.15) is 0 Å². The molecule has 2 amide bonds. The van der Waals surface area contributed by atoms with E-state index in [1.807, 2.05) is 17.5 Å². The zero-order valence-electron chi connectivity index (χ0n) is 12.4. The lowest BCUT2D eigenvalue weighted by Crippen LogP contribution is -2.35. The molecule has 0 bridgehead atoms. The average Bonchev–Trinajstić information content (AvgIpc) is 2.91. The summed E-state index contributed by atoms with van der Waals surface area (Å²) in [6, 6.07) is 6.99. The number of hydrogen-bond acceptors (Lipinski definition) is 5. The normalized spacial score (nSPS) is 9.83. The molecular weight excluding hydrogens is 340 g/mol. The minimum absolute atomic E-state index is 0. The molecule has 0 aliphatic rings. The maximum Gasteiger partial charge on any atom is 0.426 e. The minimum atomic E-state index is -1.21. The Balaban J connectivity index is 0.00000264. The number of thiazole rings is 1. The van der Waals surface area contributed by atoms with Crippen LogP contribution in [0.1, 0.15) is 18.2 Å². The molecule has 0 radical (unpaired) electrons. The van der Waals surface area contributed by atoms with Gasteiger partial charge < -0.3 is 10.4 Å². The standard InChI is InChI=1S/C14H16N4O3S.ClH/c1-9(19)16-13-17-11(8-22-13)5-2-10-3-6-12(7-4-10)18(15)14(20)21;/h3-4,6-8H,2,5,15H2,1H3,(H,20,21)(H,16,17,19);1H. The van der Waals surface area contributed by atoms with Gasteiger partial charge in [-0.15, -0.1) is 23.7 Å². The number of nitrogens with one attached hydrogen (secondary N) is 1. The van der Waals surface area contributed by atoms with Gasteiger partial charge in [-0.25, -0.2) is 20.6 Å². The van der Waals surface area contributed by atoms with Crippen LogP contribution in [0.3, 0.4) is 0 Å². The number of carboxylic acid groups (broad SMARTS) is 1. The Bertz CT molecular complexity index is 675. The number of hydrogen-bond donors (Lipinski definition) is 3. The first kappa shape index (κ1) is 18.9. The Hall–Kier alpha value is -2.16. The predicted molar refractivity (Wildman–Crippen MR) is 92.2 cm³/mol. The van der Waals surface area contributed by atoms with Gasteiger partial charge in [-0.3, -0.25) is 4.79 Å². The van der Waals surface area contributed by atoms with Crippen LogP contribution in [0.5, 0.6) is 0 Å². The Kier molecular flexibility index (Phi) is 6.95. The maximum absolute atomic E-state index is 10.9. The second kappa shape index (κ2) is 8.47. The summed E-state index contributed by atoms with van der Waals surface area (Å²) >= 11 is 1.39. The molecule has 0 unspecified atom stereocenters. The van der Waals surface area contributed by atoms with Crippen molar-refractivity contribution in [1.82, 2.24) is 4.98 Å². The van der Waals surface area contributed by atoms with Crippen LogP contribution >= 0.6 is 23.7 Å². The summed E-state index contributed by atoms with van der Waals surface area (Å²) in [6.45, 7) is 1.44. The van der Waals surface area contributed by atoms with Crippen molar-refractivity contribution in [3.63, 3.8) is 0 Å². The van der Waals surface area contributed by atoms with E-state index in [9.17, 15) is 9.59 Å². The van der Waals surface area contributed by atoms with Crippen molar-refractivity contribution >= 4 is 46.6 Å². The average molecular weight is 357 g/mol. The van der Waals surface area contributed by atoms with E-state index in [4.69, 9.17) is 10.9 Å². The Morgan fingerprint density at radius 1 is 1.30 bits per heavy atom. The summed E-state index contributed by atoms with van der Waals surface area (Å²) in [5.41, 5.74) is 2.37. The van der Waals surface area contributed by atoms with Gasteiger partial charge in [0, 0.05) is 12.3 Å². The fourth-order valence-electron chi connectivity index (χ4n) is 1.84. The number of nitrogens with two attached hydrogens (primary N) is 1.